The Morgan fingerprint density at radius 3 is 2.67 bits per heavy atom. The van der Waals surface area contributed by atoms with Gasteiger partial charge in [0.25, 0.3) is 0 Å². The molecule has 3 nitrogen and oxygen atoms in total. The van der Waals surface area contributed by atoms with Gasteiger partial charge in [0.2, 0.25) is 0 Å². The molecule has 1 unspecified atom stereocenters. The molecule has 2 N–H and O–H groups in total. The van der Waals surface area contributed by atoms with Crippen molar-refractivity contribution < 1.29 is 5.11 Å². The molecule has 3 heteroatoms. The summed E-state index contributed by atoms with van der Waals surface area (Å²) >= 11 is 0. The van der Waals surface area contributed by atoms with Crippen molar-refractivity contribution in [2.45, 2.75) is 51.2 Å². The highest BCUT2D eigenvalue weighted by molar-refractivity contribution is 5.13. The maximum absolute atomic E-state index is 10.0. The number of pyridine rings is 1. The van der Waals surface area contributed by atoms with Crippen molar-refractivity contribution in [1.29, 1.82) is 0 Å². The average molecular weight is 248 g/mol. The lowest BCUT2D eigenvalue weighted by molar-refractivity contribution is 0.137. The zero-order valence-electron chi connectivity index (χ0n) is 11.2. The van der Waals surface area contributed by atoms with Gasteiger partial charge in [0.15, 0.2) is 0 Å². The van der Waals surface area contributed by atoms with Gasteiger partial charge in [-0.05, 0) is 37.0 Å². The molecular formula is C15H24N2O. The molecule has 0 aromatic carbocycles. The molecule has 0 spiro atoms. The summed E-state index contributed by atoms with van der Waals surface area (Å²) in [7, 11) is 0. The first kappa shape index (κ1) is 13.5. The predicted octanol–water partition coefficient (Wildman–Crippen LogP) is 2.67. The van der Waals surface area contributed by atoms with Crippen LogP contribution in [0.25, 0.3) is 0 Å². The summed E-state index contributed by atoms with van der Waals surface area (Å²) in [6, 6.07) is 4.30. The van der Waals surface area contributed by atoms with Gasteiger partial charge in [0.05, 0.1) is 6.10 Å². The molecule has 0 radical (unpaired) electrons. The van der Waals surface area contributed by atoms with E-state index in [9.17, 15) is 5.11 Å². The Bertz CT molecular complexity index is 336. The number of hydrogen-bond donors (Lipinski definition) is 2. The van der Waals surface area contributed by atoms with Gasteiger partial charge >= 0.3 is 0 Å². The lowest BCUT2D eigenvalue weighted by atomic mass is 10.00. The van der Waals surface area contributed by atoms with Crippen molar-refractivity contribution in [2.24, 2.45) is 5.92 Å². The van der Waals surface area contributed by atoms with Crippen LogP contribution in [-0.4, -0.2) is 22.7 Å². The highest BCUT2D eigenvalue weighted by atomic mass is 16.3. The Morgan fingerprint density at radius 2 is 2.00 bits per heavy atom. The molecule has 0 amide bonds. The second kappa shape index (κ2) is 6.86. The van der Waals surface area contributed by atoms with E-state index in [1.165, 1.54) is 31.2 Å². The van der Waals surface area contributed by atoms with E-state index in [0.717, 1.165) is 12.3 Å². The molecule has 1 aromatic rings. The lowest BCUT2D eigenvalue weighted by Crippen LogP contribution is -2.30. The number of aliphatic hydroxyl groups excluding tert-OH is 1. The Hall–Kier alpha value is -0.930. The second-order valence-corrected chi connectivity index (χ2v) is 5.45. The van der Waals surface area contributed by atoms with Crippen LogP contribution in [0.4, 0.5) is 0 Å². The maximum Gasteiger partial charge on any atom is 0.0667 e. The van der Waals surface area contributed by atoms with Gasteiger partial charge in [-0.25, -0.2) is 0 Å². The largest absolute Gasteiger partial charge is 0.392 e. The standard InChI is InChI=1S/C15H24N2O/c1-12(14-6-8-16-9-7-14)17-11-15(18)10-13-4-2-3-5-13/h6-9,12-13,15,17-18H,2-5,10-11H2,1H3/t12-,15?/m0/s1. The third-order valence-corrected chi connectivity index (χ3v) is 3.95. The summed E-state index contributed by atoms with van der Waals surface area (Å²) in [5.74, 6) is 0.748. The molecule has 1 aromatic heterocycles. The Labute approximate surface area is 110 Å². The SMILES string of the molecule is C[C@H](NCC(O)CC1CCCC1)c1ccncc1. The molecule has 2 atom stereocenters. The van der Waals surface area contributed by atoms with Gasteiger partial charge in [0.1, 0.15) is 0 Å². The third-order valence-electron chi connectivity index (χ3n) is 3.95. The topological polar surface area (TPSA) is 45.1 Å². The van der Waals surface area contributed by atoms with Crippen LogP contribution in [0.3, 0.4) is 0 Å². The highest BCUT2D eigenvalue weighted by Crippen LogP contribution is 2.28. The summed E-state index contributed by atoms with van der Waals surface area (Å²) in [5.41, 5.74) is 1.22. The lowest BCUT2D eigenvalue weighted by Gasteiger charge is -2.19. The first-order valence-corrected chi connectivity index (χ1v) is 7.07. The van der Waals surface area contributed by atoms with Crippen LogP contribution in [0.1, 0.15) is 50.6 Å². The third kappa shape index (κ3) is 4.07. The molecule has 1 aliphatic carbocycles. The smallest absolute Gasteiger partial charge is 0.0667 e. The summed E-state index contributed by atoms with van der Waals surface area (Å²) < 4.78 is 0. The molecule has 0 bridgehead atoms. The minimum atomic E-state index is -0.211. The van der Waals surface area contributed by atoms with Crippen molar-refractivity contribution in [1.82, 2.24) is 10.3 Å². The molecule has 2 rings (SSSR count). The maximum atomic E-state index is 10.0. The fourth-order valence-electron chi connectivity index (χ4n) is 2.80. The summed E-state index contributed by atoms with van der Waals surface area (Å²) in [6.07, 6.45) is 9.66. The van der Waals surface area contributed by atoms with Crippen molar-refractivity contribution in [2.75, 3.05) is 6.54 Å². The molecule has 1 aliphatic rings. The van der Waals surface area contributed by atoms with Gasteiger partial charge in [-0.1, -0.05) is 25.7 Å². The van der Waals surface area contributed by atoms with Crippen LogP contribution in [0.2, 0.25) is 0 Å². The number of aliphatic hydroxyl groups is 1. The van der Waals surface area contributed by atoms with E-state index < -0.39 is 0 Å². The number of hydrogen-bond acceptors (Lipinski definition) is 3. The van der Waals surface area contributed by atoms with Crippen molar-refractivity contribution in [3.05, 3.63) is 30.1 Å². The minimum absolute atomic E-state index is 0.211. The normalized spacial score (nSPS) is 19.9. The fraction of sp³-hybridized carbons (Fsp3) is 0.667. The van der Waals surface area contributed by atoms with Crippen molar-refractivity contribution >= 4 is 0 Å². The molecule has 0 aliphatic heterocycles. The molecule has 1 saturated carbocycles. The molecular weight excluding hydrogens is 224 g/mol. The van der Waals surface area contributed by atoms with Gasteiger partial charge in [0, 0.05) is 25.0 Å². The Balaban J connectivity index is 1.70. The number of rotatable bonds is 6. The number of nitrogens with zero attached hydrogens (tertiary/aromatic N) is 1. The highest BCUT2D eigenvalue weighted by Gasteiger charge is 2.19. The van der Waals surface area contributed by atoms with E-state index in [1.54, 1.807) is 0 Å². The summed E-state index contributed by atoms with van der Waals surface area (Å²) in [5, 5.41) is 13.4. The van der Waals surface area contributed by atoms with Gasteiger partial charge < -0.3 is 10.4 Å². The van der Waals surface area contributed by atoms with Crippen molar-refractivity contribution in [3.63, 3.8) is 0 Å². The Kier molecular flexibility index (Phi) is 5.14. The molecule has 0 saturated heterocycles. The number of aromatic nitrogens is 1. The summed E-state index contributed by atoms with van der Waals surface area (Å²) in [6.45, 7) is 2.80. The van der Waals surface area contributed by atoms with Crippen molar-refractivity contribution in [3.8, 4) is 0 Å². The van der Waals surface area contributed by atoms with Crippen LogP contribution in [0, 0.1) is 5.92 Å². The van der Waals surface area contributed by atoms with E-state index in [1.807, 2.05) is 24.5 Å². The van der Waals surface area contributed by atoms with Crippen LogP contribution < -0.4 is 5.32 Å². The first-order chi connectivity index (χ1) is 8.75. The zero-order valence-corrected chi connectivity index (χ0v) is 11.2. The van der Waals surface area contributed by atoms with E-state index >= 15 is 0 Å². The second-order valence-electron chi connectivity index (χ2n) is 5.45. The zero-order chi connectivity index (χ0) is 12.8. The molecule has 100 valence electrons. The van der Waals surface area contributed by atoms with Crippen LogP contribution in [0.5, 0.6) is 0 Å². The van der Waals surface area contributed by atoms with E-state index in [4.69, 9.17) is 0 Å². The monoisotopic (exact) mass is 248 g/mol. The van der Waals surface area contributed by atoms with E-state index in [0.29, 0.717) is 6.54 Å². The average Bonchev–Trinajstić information content (AvgIpc) is 2.90. The summed E-state index contributed by atoms with van der Waals surface area (Å²) in [4.78, 5) is 4.01. The van der Waals surface area contributed by atoms with Crippen LogP contribution in [0.15, 0.2) is 24.5 Å². The van der Waals surface area contributed by atoms with E-state index in [2.05, 4.69) is 17.2 Å². The quantitative estimate of drug-likeness (QED) is 0.813. The predicted molar refractivity (Wildman–Crippen MR) is 73.2 cm³/mol. The van der Waals surface area contributed by atoms with Crippen LogP contribution >= 0.6 is 0 Å². The number of nitrogens with one attached hydrogen (secondary N) is 1. The minimum Gasteiger partial charge on any atom is -0.392 e. The van der Waals surface area contributed by atoms with Crippen LogP contribution in [-0.2, 0) is 0 Å². The van der Waals surface area contributed by atoms with E-state index in [-0.39, 0.29) is 12.1 Å². The molecule has 1 fully saturated rings. The van der Waals surface area contributed by atoms with Gasteiger partial charge in [-0.15, -0.1) is 0 Å². The van der Waals surface area contributed by atoms with Gasteiger partial charge in [-0.3, -0.25) is 4.98 Å². The fourth-order valence-corrected chi connectivity index (χ4v) is 2.80. The first-order valence-electron chi connectivity index (χ1n) is 7.07. The van der Waals surface area contributed by atoms with Gasteiger partial charge in [-0.2, -0.15) is 0 Å². The molecule has 1 heterocycles. The Morgan fingerprint density at radius 1 is 1.33 bits per heavy atom. The molecule has 18 heavy (non-hydrogen) atoms.